The van der Waals surface area contributed by atoms with Crippen molar-refractivity contribution in [2.75, 3.05) is 25.4 Å². The van der Waals surface area contributed by atoms with Crippen molar-refractivity contribution < 1.29 is 17.9 Å². The first-order valence-electron chi connectivity index (χ1n) is 9.35. The van der Waals surface area contributed by atoms with Gasteiger partial charge in [0.15, 0.2) is 12.5 Å². The number of benzene rings is 1. The topological polar surface area (TPSA) is 105 Å². The fraction of sp³-hybridized carbons (Fsp3) is 0.350. The maximum absolute atomic E-state index is 12.3. The maximum Gasteiger partial charge on any atom is 0.292 e. The minimum Gasteiger partial charge on any atom is -0.462 e. The first kappa shape index (κ1) is 21.7. The zero-order valence-corrected chi connectivity index (χ0v) is 17.7. The quantitative estimate of drug-likeness (QED) is 0.353. The second kappa shape index (κ2) is 9.68. The van der Waals surface area contributed by atoms with Crippen molar-refractivity contribution in [1.82, 2.24) is 19.6 Å². The summed E-state index contributed by atoms with van der Waals surface area (Å²) in [5.74, 6) is 0.166. The van der Waals surface area contributed by atoms with Crippen molar-refractivity contribution in [2.45, 2.75) is 13.0 Å². The van der Waals surface area contributed by atoms with E-state index in [1.54, 1.807) is 30.2 Å². The monoisotopic (exact) mass is 432 g/mol. The fourth-order valence-corrected chi connectivity index (χ4v) is 3.43. The molecule has 0 spiro atoms. The van der Waals surface area contributed by atoms with Crippen LogP contribution in [-0.4, -0.2) is 53.4 Å². The summed E-state index contributed by atoms with van der Waals surface area (Å²) < 4.78 is 36.1. The van der Waals surface area contributed by atoms with Crippen LogP contribution in [0.25, 0.3) is 11.3 Å². The second-order valence-corrected chi connectivity index (χ2v) is 9.21. The number of nitrogens with zero attached hydrogens (tertiary/aromatic N) is 4. The molecule has 0 unspecified atom stereocenters. The Balaban J connectivity index is 1.64. The maximum atomic E-state index is 12.3. The Kier molecular flexibility index (Phi) is 7.01. The molecule has 2 heterocycles. The number of hydrogen-bond donors (Lipinski definition) is 0. The van der Waals surface area contributed by atoms with E-state index in [9.17, 15) is 13.2 Å². The second-order valence-electron chi connectivity index (χ2n) is 6.95. The van der Waals surface area contributed by atoms with Crippen LogP contribution in [0.2, 0.25) is 0 Å². The van der Waals surface area contributed by atoms with Gasteiger partial charge in [-0.05, 0) is 18.1 Å². The van der Waals surface area contributed by atoms with Crippen LogP contribution in [0.4, 0.5) is 0 Å². The number of ether oxygens (including phenoxy) is 2. The highest BCUT2D eigenvalue weighted by molar-refractivity contribution is 7.90. The van der Waals surface area contributed by atoms with E-state index in [1.165, 1.54) is 10.8 Å². The molecule has 9 nitrogen and oxygen atoms in total. The molecule has 0 radical (unpaired) electrons. The first-order valence-corrected chi connectivity index (χ1v) is 11.4. The van der Waals surface area contributed by atoms with Crippen LogP contribution < -0.4 is 10.3 Å². The number of rotatable bonds is 10. The van der Waals surface area contributed by atoms with E-state index < -0.39 is 9.84 Å². The average Bonchev–Trinajstić information content (AvgIpc) is 3.16. The Bertz CT molecular complexity index is 1140. The van der Waals surface area contributed by atoms with Crippen LogP contribution in [0.5, 0.6) is 5.75 Å². The molecule has 1 aromatic carbocycles. The van der Waals surface area contributed by atoms with E-state index >= 15 is 0 Å². The van der Waals surface area contributed by atoms with E-state index in [2.05, 4.69) is 10.3 Å². The summed E-state index contributed by atoms with van der Waals surface area (Å²) in [6, 6.07) is 11.5. The Morgan fingerprint density at radius 2 is 1.90 bits per heavy atom. The highest BCUT2D eigenvalue weighted by atomic mass is 32.2. The van der Waals surface area contributed by atoms with E-state index in [1.807, 2.05) is 30.3 Å². The third-order valence-electron chi connectivity index (χ3n) is 4.27. The minimum absolute atomic E-state index is 0.0445. The fourth-order valence-electron chi connectivity index (χ4n) is 2.79. The lowest BCUT2D eigenvalue weighted by Crippen LogP contribution is -2.20. The summed E-state index contributed by atoms with van der Waals surface area (Å²) in [4.78, 5) is 12.3. The third kappa shape index (κ3) is 6.26. The molecule has 0 aliphatic rings. The predicted octanol–water partition coefficient (Wildman–Crippen LogP) is 1.48. The Morgan fingerprint density at radius 1 is 1.13 bits per heavy atom. The molecule has 0 aliphatic carbocycles. The van der Waals surface area contributed by atoms with E-state index in [-0.39, 0.29) is 30.5 Å². The van der Waals surface area contributed by atoms with Crippen molar-refractivity contribution >= 4 is 9.84 Å². The van der Waals surface area contributed by atoms with Crippen molar-refractivity contribution in [3.63, 3.8) is 0 Å². The number of aromatic nitrogens is 4. The van der Waals surface area contributed by atoms with Crippen molar-refractivity contribution in [3.8, 4) is 17.0 Å². The molecule has 10 heteroatoms. The molecule has 0 saturated heterocycles. The Labute approximate surface area is 174 Å². The highest BCUT2D eigenvalue weighted by Gasteiger charge is 2.11. The average molecular weight is 433 g/mol. The van der Waals surface area contributed by atoms with Crippen LogP contribution in [0.3, 0.4) is 0 Å². The summed E-state index contributed by atoms with van der Waals surface area (Å²) in [6.45, 7) is 0.661. The van der Waals surface area contributed by atoms with Crippen molar-refractivity contribution in [2.24, 2.45) is 7.05 Å². The summed E-state index contributed by atoms with van der Waals surface area (Å²) in [6.07, 6.45) is 5.01. The summed E-state index contributed by atoms with van der Waals surface area (Å²) in [5.41, 5.74) is 2.09. The highest BCUT2D eigenvalue weighted by Crippen LogP contribution is 2.19. The van der Waals surface area contributed by atoms with Gasteiger partial charge in [-0.1, -0.05) is 35.5 Å². The van der Waals surface area contributed by atoms with Gasteiger partial charge in [-0.25, -0.2) is 13.1 Å². The van der Waals surface area contributed by atoms with Gasteiger partial charge in [0.2, 0.25) is 0 Å². The number of hydrogen-bond acceptors (Lipinski definition) is 7. The third-order valence-corrected chi connectivity index (χ3v) is 5.30. The largest absolute Gasteiger partial charge is 0.462 e. The van der Waals surface area contributed by atoms with Crippen molar-refractivity contribution in [1.29, 1.82) is 0 Å². The zero-order valence-electron chi connectivity index (χ0n) is 16.9. The molecule has 0 aliphatic heterocycles. The Hall–Kier alpha value is -2.98. The lowest BCUT2D eigenvalue weighted by molar-refractivity contribution is 0.0149. The van der Waals surface area contributed by atoms with Crippen LogP contribution in [0.15, 0.2) is 53.6 Å². The molecule has 0 bridgehead atoms. The predicted molar refractivity (Wildman–Crippen MR) is 112 cm³/mol. The van der Waals surface area contributed by atoms with Crippen LogP contribution in [0.1, 0.15) is 12.0 Å². The minimum atomic E-state index is -3.02. The first-order chi connectivity index (χ1) is 14.3. The van der Waals surface area contributed by atoms with Gasteiger partial charge in [-0.2, -0.15) is 0 Å². The molecular formula is C20H24N4O5S. The van der Waals surface area contributed by atoms with E-state index in [4.69, 9.17) is 9.47 Å². The molecule has 0 N–H and O–H groups in total. The van der Waals surface area contributed by atoms with Crippen LogP contribution >= 0.6 is 0 Å². The summed E-state index contributed by atoms with van der Waals surface area (Å²) >= 11 is 0. The standard InChI is InChI=1S/C20H24N4O5S/c1-23-13-17(18-14-24(22-21-18)12-16-7-4-3-5-8-16)11-19(20(23)25)29-15-28-9-6-10-30(2,26)27/h3-5,7-8,11,13-14H,6,9-10,12,15H2,1-2H3. The van der Waals surface area contributed by atoms with Gasteiger partial charge < -0.3 is 14.0 Å². The van der Waals surface area contributed by atoms with E-state index in [0.29, 0.717) is 24.2 Å². The molecular weight excluding hydrogens is 408 g/mol. The molecule has 0 saturated carbocycles. The molecule has 2 aromatic heterocycles. The lowest BCUT2D eigenvalue weighted by Gasteiger charge is -2.09. The van der Waals surface area contributed by atoms with Gasteiger partial charge in [0.05, 0.1) is 25.1 Å². The smallest absolute Gasteiger partial charge is 0.292 e. The summed E-state index contributed by atoms with van der Waals surface area (Å²) in [7, 11) is -1.39. The summed E-state index contributed by atoms with van der Waals surface area (Å²) in [5, 5.41) is 8.34. The molecule has 0 atom stereocenters. The van der Waals surface area contributed by atoms with E-state index in [0.717, 1.165) is 5.56 Å². The Morgan fingerprint density at radius 3 is 2.63 bits per heavy atom. The number of aryl methyl sites for hydroxylation is 1. The van der Waals surface area contributed by atoms with Gasteiger partial charge in [0, 0.05) is 25.1 Å². The van der Waals surface area contributed by atoms with Crippen LogP contribution in [0, 0.1) is 0 Å². The molecule has 30 heavy (non-hydrogen) atoms. The van der Waals surface area contributed by atoms with Gasteiger partial charge in [-0.15, -0.1) is 5.10 Å². The zero-order chi connectivity index (χ0) is 21.6. The SMILES string of the molecule is Cn1cc(-c2cn(Cc3ccccc3)nn2)cc(OCOCCCS(C)(=O)=O)c1=O. The van der Waals surface area contributed by atoms with Gasteiger partial charge in [-0.3, -0.25) is 4.79 Å². The molecule has 3 aromatic rings. The lowest BCUT2D eigenvalue weighted by atomic mass is 10.2. The molecule has 0 fully saturated rings. The molecule has 3 rings (SSSR count). The number of pyridine rings is 1. The van der Waals surface area contributed by atoms with Crippen LogP contribution in [-0.2, 0) is 28.2 Å². The number of sulfone groups is 1. The van der Waals surface area contributed by atoms with Gasteiger partial charge in [0.25, 0.3) is 5.56 Å². The molecule has 160 valence electrons. The molecule has 0 amide bonds. The van der Waals surface area contributed by atoms with Crippen molar-refractivity contribution in [3.05, 3.63) is 64.7 Å². The van der Waals surface area contributed by atoms with Gasteiger partial charge >= 0.3 is 0 Å². The normalized spacial score (nSPS) is 11.5. The van der Waals surface area contributed by atoms with Gasteiger partial charge in [0.1, 0.15) is 15.5 Å².